The van der Waals surface area contributed by atoms with Crippen molar-refractivity contribution in [2.45, 2.75) is 64.5 Å². The number of nitrogens with one attached hydrogen (secondary N) is 2. The van der Waals surface area contributed by atoms with Gasteiger partial charge in [0, 0.05) is 13.1 Å². The molecular formula is C24H42N4. The first-order valence-electron chi connectivity index (χ1n) is 11.8. The molecule has 1 aromatic carbocycles. The maximum atomic E-state index is 3.62. The third-order valence-corrected chi connectivity index (χ3v) is 6.20. The highest BCUT2D eigenvalue weighted by Crippen LogP contribution is 2.09. The molecule has 0 spiro atoms. The lowest BCUT2D eigenvalue weighted by atomic mass is 10.1. The van der Waals surface area contributed by atoms with E-state index in [-0.39, 0.29) is 0 Å². The van der Waals surface area contributed by atoms with Crippen molar-refractivity contribution in [3.05, 3.63) is 35.4 Å². The number of hydrogen-bond acceptors (Lipinski definition) is 4. The molecule has 0 amide bonds. The Hall–Kier alpha value is -0.940. The third-order valence-electron chi connectivity index (χ3n) is 6.20. The zero-order chi connectivity index (χ0) is 19.3. The van der Waals surface area contributed by atoms with Gasteiger partial charge in [0.2, 0.25) is 0 Å². The summed E-state index contributed by atoms with van der Waals surface area (Å²) in [6, 6.07) is 9.05. The van der Waals surface area contributed by atoms with Gasteiger partial charge in [-0.3, -0.25) is 0 Å². The molecule has 0 aromatic heterocycles. The SMILES string of the molecule is c1cc(CNCCCCN2CCCC2)cc(CNCCCCN2CCCC2)c1. The normalized spacial score (nSPS) is 18.3. The average Bonchev–Trinajstić information content (AvgIpc) is 3.42. The molecule has 0 radical (unpaired) electrons. The molecule has 2 heterocycles. The summed E-state index contributed by atoms with van der Waals surface area (Å²) in [6.45, 7) is 12.1. The van der Waals surface area contributed by atoms with Crippen molar-refractivity contribution in [2.24, 2.45) is 0 Å². The van der Waals surface area contributed by atoms with E-state index in [9.17, 15) is 0 Å². The van der Waals surface area contributed by atoms with Gasteiger partial charge in [-0.25, -0.2) is 0 Å². The van der Waals surface area contributed by atoms with E-state index < -0.39 is 0 Å². The van der Waals surface area contributed by atoms with Crippen LogP contribution in [0, 0.1) is 0 Å². The second-order valence-corrected chi connectivity index (χ2v) is 8.69. The highest BCUT2D eigenvalue weighted by Gasteiger charge is 2.10. The molecule has 4 heteroatoms. The second-order valence-electron chi connectivity index (χ2n) is 8.69. The largest absolute Gasteiger partial charge is 0.313 e. The predicted molar refractivity (Wildman–Crippen MR) is 120 cm³/mol. The van der Waals surface area contributed by atoms with Gasteiger partial charge in [-0.05, 0) is 115 Å². The van der Waals surface area contributed by atoms with Gasteiger partial charge < -0.3 is 20.4 Å². The lowest BCUT2D eigenvalue weighted by Gasteiger charge is -2.14. The van der Waals surface area contributed by atoms with Crippen molar-refractivity contribution in [1.82, 2.24) is 20.4 Å². The quantitative estimate of drug-likeness (QED) is 0.478. The van der Waals surface area contributed by atoms with Crippen molar-refractivity contribution in [3.8, 4) is 0 Å². The first kappa shape index (κ1) is 21.8. The van der Waals surface area contributed by atoms with Crippen LogP contribution in [0.25, 0.3) is 0 Å². The molecule has 4 nitrogen and oxygen atoms in total. The van der Waals surface area contributed by atoms with Gasteiger partial charge >= 0.3 is 0 Å². The fourth-order valence-corrected chi connectivity index (χ4v) is 4.50. The van der Waals surface area contributed by atoms with E-state index in [1.54, 1.807) is 0 Å². The van der Waals surface area contributed by atoms with E-state index in [4.69, 9.17) is 0 Å². The van der Waals surface area contributed by atoms with Gasteiger partial charge in [-0.15, -0.1) is 0 Å². The third kappa shape index (κ3) is 8.60. The summed E-state index contributed by atoms with van der Waals surface area (Å²) in [7, 11) is 0. The van der Waals surface area contributed by atoms with Crippen LogP contribution in [0.1, 0.15) is 62.5 Å². The molecule has 0 atom stereocenters. The van der Waals surface area contributed by atoms with Gasteiger partial charge in [0.25, 0.3) is 0 Å². The molecule has 0 aliphatic carbocycles. The molecule has 1 aromatic rings. The molecule has 0 unspecified atom stereocenters. The molecule has 2 aliphatic heterocycles. The first-order valence-corrected chi connectivity index (χ1v) is 11.8. The molecule has 0 bridgehead atoms. The minimum Gasteiger partial charge on any atom is -0.313 e. The molecule has 28 heavy (non-hydrogen) atoms. The Labute approximate surface area is 173 Å². The van der Waals surface area contributed by atoms with Crippen molar-refractivity contribution in [2.75, 3.05) is 52.4 Å². The highest BCUT2D eigenvalue weighted by atomic mass is 15.1. The van der Waals surface area contributed by atoms with Crippen LogP contribution in [0.4, 0.5) is 0 Å². The van der Waals surface area contributed by atoms with Crippen molar-refractivity contribution in [3.63, 3.8) is 0 Å². The standard InChI is InChI=1S/C24H42N4/c1(3-14-27-16-5-6-17-27)12-25-21-23-10-9-11-24(20-23)22-26-13-2-4-15-28-18-7-8-19-28/h9-11,20,25-26H,1-8,12-19,21-22H2. The van der Waals surface area contributed by atoms with E-state index in [0.29, 0.717) is 0 Å². The molecule has 2 aliphatic rings. The highest BCUT2D eigenvalue weighted by molar-refractivity contribution is 5.23. The Kier molecular flexibility index (Phi) is 10.3. The smallest absolute Gasteiger partial charge is 0.0205 e. The van der Waals surface area contributed by atoms with E-state index in [1.165, 1.54) is 102 Å². The Morgan fingerprint density at radius 2 is 1.11 bits per heavy atom. The first-order chi connectivity index (χ1) is 13.9. The number of unbranched alkanes of at least 4 members (excludes halogenated alkanes) is 2. The molecule has 2 N–H and O–H groups in total. The number of hydrogen-bond donors (Lipinski definition) is 2. The van der Waals surface area contributed by atoms with Crippen molar-refractivity contribution >= 4 is 0 Å². The van der Waals surface area contributed by atoms with Crippen LogP contribution in [0.3, 0.4) is 0 Å². The van der Waals surface area contributed by atoms with Gasteiger partial charge in [-0.2, -0.15) is 0 Å². The summed E-state index contributed by atoms with van der Waals surface area (Å²) in [5, 5.41) is 7.24. The maximum Gasteiger partial charge on any atom is 0.0205 e. The average molecular weight is 387 g/mol. The van der Waals surface area contributed by atoms with E-state index in [2.05, 4.69) is 44.7 Å². The molecule has 3 rings (SSSR count). The van der Waals surface area contributed by atoms with E-state index >= 15 is 0 Å². The Morgan fingerprint density at radius 3 is 1.57 bits per heavy atom. The lowest BCUT2D eigenvalue weighted by molar-refractivity contribution is 0.329. The molecule has 2 fully saturated rings. The summed E-state index contributed by atoms with van der Waals surface area (Å²) in [6.07, 6.45) is 10.8. The van der Waals surface area contributed by atoms with Gasteiger partial charge in [-0.1, -0.05) is 24.3 Å². The fraction of sp³-hybridized carbons (Fsp3) is 0.750. The van der Waals surface area contributed by atoms with Crippen LogP contribution in [0.5, 0.6) is 0 Å². The molecular weight excluding hydrogens is 344 g/mol. The number of nitrogens with zero attached hydrogens (tertiary/aromatic N) is 2. The summed E-state index contributed by atoms with van der Waals surface area (Å²) in [5.74, 6) is 0. The Balaban J connectivity index is 1.19. The van der Waals surface area contributed by atoms with Crippen LogP contribution >= 0.6 is 0 Å². The number of rotatable bonds is 14. The van der Waals surface area contributed by atoms with Crippen molar-refractivity contribution in [1.29, 1.82) is 0 Å². The topological polar surface area (TPSA) is 30.5 Å². The van der Waals surface area contributed by atoms with Gasteiger partial charge in [0.1, 0.15) is 0 Å². The van der Waals surface area contributed by atoms with Crippen LogP contribution in [-0.4, -0.2) is 62.2 Å². The summed E-state index contributed by atoms with van der Waals surface area (Å²) in [5.41, 5.74) is 2.82. The summed E-state index contributed by atoms with van der Waals surface area (Å²) in [4.78, 5) is 5.23. The Morgan fingerprint density at radius 1 is 0.643 bits per heavy atom. The minimum absolute atomic E-state index is 0.993. The number of likely N-dealkylation sites (tertiary alicyclic amines) is 2. The number of benzene rings is 1. The zero-order valence-corrected chi connectivity index (χ0v) is 17.9. The van der Waals surface area contributed by atoms with Crippen molar-refractivity contribution < 1.29 is 0 Å². The predicted octanol–water partition coefficient (Wildman–Crippen LogP) is 3.62. The Bertz CT molecular complexity index is 478. The zero-order valence-electron chi connectivity index (χ0n) is 17.9. The van der Waals surface area contributed by atoms with Crippen LogP contribution < -0.4 is 10.6 Å². The van der Waals surface area contributed by atoms with Crippen LogP contribution in [0.2, 0.25) is 0 Å². The van der Waals surface area contributed by atoms with Crippen LogP contribution in [-0.2, 0) is 13.1 Å². The summed E-state index contributed by atoms with van der Waals surface area (Å²) >= 11 is 0. The molecule has 0 saturated carbocycles. The maximum absolute atomic E-state index is 3.62. The van der Waals surface area contributed by atoms with Gasteiger partial charge in [0.05, 0.1) is 0 Å². The van der Waals surface area contributed by atoms with Crippen LogP contribution in [0.15, 0.2) is 24.3 Å². The van der Waals surface area contributed by atoms with Gasteiger partial charge in [0.15, 0.2) is 0 Å². The van der Waals surface area contributed by atoms with E-state index in [1.807, 2.05) is 0 Å². The fourth-order valence-electron chi connectivity index (χ4n) is 4.50. The second kappa shape index (κ2) is 13.3. The monoisotopic (exact) mass is 386 g/mol. The minimum atomic E-state index is 0.993. The molecule has 158 valence electrons. The molecule has 2 saturated heterocycles. The lowest BCUT2D eigenvalue weighted by Crippen LogP contribution is -2.22. The van der Waals surface area contributed by atoms with E-state index in [0.717, 1.165) is 26.2 Å². The summed E-state index contributed by atoms with van der Waals surface area (Å²) < 4.78 is 0.